The molecule has 3 heteroatoms. The lowest BCUT2D eigenvalue weighted by Gasteiger charge is -2.45. The van der Waals surface area contributed by atoms with E-state index in [2.05, 4.69) is 205 Å². The Bertz CT molecular complexity index is 3060. The van der Waals surface area contributed by atoms with Crippen LogP contribution in [-0.2, 0) is 10.8 Å². The topological polar surface area (TPSA) is 17.4 Å². The van der Waals surface area contributed by atoms with E-state index in [-0.39, 0.29) is 5.41 Å². The molecule has 1 unspecified atom stereocenters. The van der Waals surface area contributed by atoms with E-state index in [1.807, 2.05) is 0 Å². The highest BCUT2D eigenvalue weighted by atomic mass is 16.5. The first-order valence-electron chi connectivity index (χ1n) is 19.2. The van der Waals surface area contributed by atoms with Crippen LogP contribution in [0.3, 0.4) is 0 Å². The molecule has 0 fully saturated rings. The van der Waals surface area contributed by atoms with Crippen molar-refractivity contribution in [3.63, 3.8) is 0 Å². The van der Waals surface area contributed by atoms with E-state index in [4.69, 9.17) is 4.74 Å². The van der Waals surface area contributed by atoms with Gasteiger partial charge < -0.3 is 14.2 Å². The van der Waals surface area contributed by atoms with Crippen molar-refractivity contribution in [2.24, 2.45) is 0 Å². The van der Waals surface area contributed by atoms with Gasteiger partial charge in [0.25, 0.3) is 0 Å². The number of ether oxygens (including phenoxy) is 1. The average Bonchev–Trinajstić information content (AvgIpc) is 3.69. The number of anilines is 3. The summed E-state index contributed by atoms with van der Waals surface area (Å²) >= 11 is 0. The first-order valence-corrected chi connectivity index (χ1v) is 19.2. The van der Waals surface area contributed by atoms with Crippen molar-refractivity contribution < 1.29 is 4.74 Å². The molecule has 1 aliphatic carbocycles. The predicted octanol–water partition coefficient (Wildman–Crippen LogP) is 13.4. The Morgan fingerprint density at radius 2 is 1.07 bits per heavy atom. The maximum absolute atomic E-state index is 7.04. The summed E-state index contributed by atoms with van der Waals surface area (Å²) in [6, 6.07) is 66.7. The van der Waals surface area contributed by atoms with Crippen LogP contribution in [0.15, 0.2) is 182 Å². The van der Waals surface area contributed by atoms with Crippen LogP contribution < -0.4 is 9.64 Å². The van der Waals surface area contributed by atoms with Crippen LogP contribution in [0.2, 0.25) is 0 Å². The third-order valence-electron chi connectivity index (χ3n) is 12.6. The smallest absolute Gasteiger partial charge is 0.134 e. The fourth-order valence-corrected chi connectivity index (χ4v) is 10.3. The van der Waals surface area contributed by atoms with Gasteiger partial charge in [-0.05, 0) is 81.9 Å². The monoisotopic (exact) mass is 704 g/mol. The SMILES string of the molecule is CC1(C)c2ccccc2-c2ccc(N(c3ccccc3)c3ccc4c(c3)Oc3ccccc3C43c4ccccc4-n4c5ccccc5c5cccc3c54)cc21. The number of para-hydroxylation sites is 5. The van der Waals surface area contributed by atoms with E-state index >= 15 is 0 Å². The molecule has 3 nitrogen and oxygen atoms in total. The maximum Gasteiger partial charge on any atom is 0.134 e. The summed E-state index contributed by atoms with van der Waals surface area (Å²) in [5.41, 5.74) is 16.4. The van der Waals surface area contributed by atoms with Crippen molar-refractivity contribution in [1.29, 1.82) is 0 Å². The Kier molecular flexibility index (Phi) is 6.05. The molecular weight excluding hydrogens is 669 g/mol. The van der Waals surface area contributed by atoms with Crippen molar-refractivity contribution in [3.8, 4) is 28.3 Å². The van der Waals surface area contributed by atoms with Gasteiger partial charge in [0.2, 0.25) is 0 Å². The minimum Gasteiger partial charge on any atom is -0.457 e. The Labute approximate surface area is 320 Å². The Morgan fingerprint density at radius 1 is 0.436 bits per heavy atom. The lowest BCUT2D eigenvalue weighted by molar-refractivity contribution is 0.434. The predicted molar refractivity (Wildman–Crippen MR) is 225 cm³/mol. The second-order valence-corrected chi connectivity index (χ2v) is 15.7. The highest BCUT2D eigenvalue weighted by molar-refractivity contribution is 6.12. The number of fused-ring (bicyclic) bond motifs is 14. The van der Waals surface area contributed by atoms with E-state index in [0.29, 0.717) is 0 Å². The van der Waals surface area contributed by atoms with Crippen LogP contribution in [0.25, 0.3) is 38.6 Å². The van der Waals surface area contributed by atoms with E-state index in [1.165, 1.54) is 60.9 Å². The van der Waals surface area contributed by atoms with Crippen LogP contribution in [0, 0.1) is 0 Å². The number of aromatic nitrogens is 1. The van der Waals surface area contributed by atoms with E-state index < -0.39 is 5.41 Å². The van der Waals surface area contributed by atoms with Crippen LogP contribution >= 0.6 is 0 Å². The molecule has 8 aromatic carbocycles. The Balaban J connectivity index is 1.12. The molecule has 9 aromatic rings. The quantitative estimate of drug-likeness (QED) is 0.182. The van der Waals surface area contributed by atoms with Gasteiger partial charge in [-0.1, -0.05) is 141 Å². The zero-order valence-electron chi connectivity index (χ0n) is 30.6. The molecule has 260 valence electrons. The summed E-state index contributed by atoms with van der Waals surface area (Å²) in [6.07, 6.45) is 0. The molecule has 0 saturated heterocycles. The van der Waals surface area contributed by atoms with Crippen molar-refractivity contribution in [2.45, 2.75) is 24.7 Å². The third-order valence-corrected chi connectivity index (χ3v) is 12.6. The summed E-state index contributed by atoms with van der Waals surface area (Å²) in [6.45, 7) is 4.69. The highest BCUT2D eigenvalue weighted by Gasteiger charge is 2.50. The second kappa shape index (κ2) is 10.9. The summed E-state index contributed by atoms with van der Waals surface area (Å²) in [5.74, 6) is 1.74. The van der Waals surface area contributed by atoms with Gasteiger partial charge >= 0.3 is 0 Å². The van der Waals surface area contributed by atoms with Gasteiger partial charge in [0.15, 0.2) is 0 Å². The van der Waals surface area contributed by atoms with Gasteiger partial charge in [0.1, 0.15) is 11.5 Å². The second-order valence-electron chi connectivity index (χ2n) is 15.7. The molecule has 0 N–H and O–H groups in total. The lowest BCUT2D eigenvalue weighted by Crippen LogP contribution is -2.37. The molecule has 1 atom stereocenters. The number of benzene rings is 8. The largest absolute Gasteiger partial charge is 0.457 e. The fraction of sp³-hybridized carbons (Fsp3) is 0.0769. The van der Waals surface area contributed by atoms with Gasteiger partial charge in [-0.15, -0.1) is 0 Å². The van der Waals surface area contributed by atoms with Crippen LogP contribution in [-0.4, -0.2) is 4.57 Å². The molecule has 2 aliphatic heterocycles. The first-order chi connectivity index (χ1) is 27.0. The van der Waals surface area contributed by atoms with Crippen LogP contribution in [0.5, 0.6) is 11.5 Å². The number of hydrogen-bond acceptors (Lipinski definition) is 2. The normalized spacial score (nSPS) is 16.5. The fourth-order valence-electron chi connectivity index (χ4n) is 10.3. The number of hydrogen-bond donors (Lipinski definition) is 0. The zero-order chi connectivity index (χ0) is 36.5. The summed E-state index contributed by atoms with van der Waals surface area (Å²) < 4.78 is 9.52. The molecule has 0 radical (unpaired) electrons. The third kappa shape index (κ3) is 3.89. The van der Waals surface area contributed by atoms with Crippen molar-refractivity contribution in [3.05, 3.63) is 215 Å². The first kappa shape index (κ1) is 30.6. The molecule has 12 rings (SSSR count). The molecule has 1 spiro atoms. The summed E-state index contributed by atoms with van der Waals surface area (Å²) in [5, 5.41) is 2.53. The van der Waals surface area contributed by atoms with Gasteiger partial charge in [0, 0.05) is 50.4 Å². The lowest BCUT2D eigenvalue weighted by atomic mass is 9.62. The van der Waals surface area contributed by atoms with E-state index in [0.717, 1.165) is 39.7 Å². The van der Waals surface area contributed by atoms with Crippen LogP contribution in [0.4, 0.5) is 17.1 Å². The molecule has 3 heterocycles. The molecule has 0 saturated carbocycles. The van der Waals surface area contributed by atoms with Crippen molar-refractivity contribution in [2.75, 3.05) is 4.90 Å². The highest BCUT2D eigenvalue weighted by Crippen LogP contribution is 2.61. The van der Waals surface area contributed by atoms with E-state index in [1.54, 1.807) is 0 Å². The molecule has 3 aliphatic rings. The maximum atomic E-state index is 7.04. The summed E-state index contributed by atoms with van der Waals surface area (Å²) in [4.78, 5) is 2.38. The molecular formula is C52H36N2O. The summed E-state index contributed by atoms with van der Waals surface area (Å²) in [7, 11) is 0. The average molecular weight is 705 g/mol. The van der Waals surface area contributed by atoms with E-state index in [9.17, 15) is 0 Å². The molecule has 55 heavy (non-hydrogen) atoms. The van der Waals surface area contributed by atoms with Gasteiger partial charge in [-0.25, -0.2) is 0 Å². The zero-order valence-corrected chi connectivity index (χ0v) is 30.6. The Hall–Kier alpha value is -6.84. The minimum atomic E-state index is -0.607. The number of nitrogens with zero attached hydrogens (tertiary/aromatic N) is 2. The van der Waals surface area contributed by atoms with Gasteiger partial charge in [-0.3, -0.25) is 0 Å². The molecule has 0 bridgehead atoms. The van der Waals surface area contributed by atoms with Gasteiger partial charge in [-0.2, -0.15) is 0 Å². The number of rotatable bonds is 3. The molecule has 1 aromatic heterocycles. The standard InChI is InChI=1S/C52H36N2O/c1-51(2)40-20-8-6-17-36(40)37-29-27-34(31-45(37)51)53(33-15-4-3-5-16-33)35-28-30-43-49(32-35)55-48-26-13-10-22-42(48)52(43)41-21-9-12-25-47(41)54-46-24-11-7-18-38(46)39-19-14-23-44(52)50(39)54/h3-32H,1-2H3. The van der Waals surface area contributed by atoms with Crippen molar-refractivity contribution >= 4 is 38.9 Å². The van der Waals surface area contributed by atoms with Crippen molar-refractivity contribution in [1.82, 2.24) is 4.57 Å². The van der Waals surface area contributed by atoms with Gasteiger partial charge in [0.05, 0.1) is 22.1 Å². The minimum absolute atomic E-state index is 0.114. The molecule has 0 amide bonds. The van der Waals surface area contributed by atoms with Crippen LogP contribution in [0.1, 0.15) is 47.2 Å². The Morgan fingerprint density at radius 3 is 1.96 bits per heavy atom.